The molecule has 1 atom stereocenters. The van der Waals surface area contributed by atoms with Crippen LogP contribution in [0.15, 0.2) is 18.2 Å². The van der Waals surface area contributed by atoms with Gasteiger partial charge >= 0.3 is 5.97 Å². The van der Waals surface area contributed by atoms with E-state index >= 15 is 0 Å². The second-order valence-electron chi connectivity index (χ2n) is 6.27. The number of carbonyl (C=O) groups excluding carboxylic acids is 1. The standard InChI is InChI=1S/C16H22N2O5S/c1-10(2)14(16(20)21)17-15(19)13-6-5-12(9-11(13)3)18-7-4-8-24(18,22)23/h5-6,9-10,14H,4,7-8H2,1-3H3,(H,17,19)(H,20,21). The molecule has 1 amide bonds. The second kappa shape index (κ2) is 6.80. The van der Waals surface area contributed by atoms with Crippen molar-refractivity contribution in [3.8, 4) is 0 Å². The van der Waals surface area contributed by atoms with Gasteiger partial charge in [-0.3, -0.25) is 9.10 Å². The number of sulfonamides is 1. The molecule has 1 heterocycles. The van der Waals surface area contributed by atoms with Gasteiger partial charge in [-0.2, -0.15) is 0 Å². The van der Waals surface area contributed by atoms with E-state index in [-0.39, 0.29) is 11.7 Å². The van der Waals surface area contributed by atoms with Crippen molar-refractivity contribution in [1.29, 1.82) is 0 Å². The molecule has 2 rings (SSSR count). The summed E-state index contributed by atoms with van der Waals surface area (Å²) in [6.45, 7) is 5.56. The van der Waals surface area contributed by atoms with Crippen LogP contribution in [0.1, 0.15) is 36.2 Å². The van der Waals surface area contributed by atoms with Crippen LogP contribution in [0.5, 0.6) is 0 Å². The minimum atomic E-state index is -3.28. The van der Waals surface area contributed by atoms with E-state index in [9.17, 15) is 18.0 Å². The lowest BCUT2D eigenvalue weighted by Crippen LogP contribution is -2.44. The van der Waals surface area contributed by atoms with Crippen LogP contribution in [0.4, 0.5) is 5.69 Å². The Hall–Kier alpha value is -2.09. The Bertz CT molecular complexity index is 758. The molecule has 1 aliphatic heterocycles. The maximum absolute atomic E-state index is 12.3. The topological polar surface area (TPSA) is 104 Å². The van der Waals surface area contributed by atoms with Gasteiger partial charge < -0.3 is 10.4 Å². The number of carboxylic acid groups (broad SMARTS) is 1. The largest absolute Gasteiger partial charge is 0.480 e. The van der Waals surface area contributed by atoms with Gasteiger partial charge in [-0.1, -0.05) is 13.8 Å². The van der Waals surface area contributed by atoms with Crippen molar-refractivity contribution in [3.63, 3.8) is 0 Å². The Kier molecular flexibility index (Phi) is 5.17. The number of hydrogen-bond acceptors (Lipinski definition) is 4. The number of amides is 1. The molecule has 1 aliphatic rings. The molecule has 1 fully saturated rings. The van der Waals surface area contributed by atoms with Crippen LogP contribution in [0, 0.1) is 12.8 Å². The molecule has 1 unspecified atom stereocenters. The quantitative estimate of drug-likeness (QED) is 0.831. The molecule has 0 saturated carbocycles. The molecule has 1 saturated heterocycles. The maximum atomic E-state index is 12.3. The molecule has 132 valence electrons. The highest BCUT2D eigenvalue weighted by Gasteiger charge is 2.29. The Labute approximate surface area is 141 Å². The number of benzene rings is 1. The maximum Gasteiger partial charge on any atom is 0.326 e. The van der Waals surface area contributed by atoms with Gasteiger partial charge in [0.25, 0.3) is 5.91 Å². The van der Waals surface area contributed by atoms with Gasteiger partial charge in [-0.25, -0.2) is 13.2 Å². The van der Waals surface area contributed by atoms with Crippen molar-refractivity contribution < 1.29 is 23.1 Å². The number of carboxylic acids is 1. The summed E-state index contributed by atoms with van der Waals surface area (Å²) < 4.78 is 25.3. The zero-order valence-corrected chi connectivity index (χ0v) is 14.8. The fourth-order valence-electron chi connectivity index (χ4n) is 2.72. The van der Waals surface area contributed by atoms with Gasteiger partial charge in [0, 0.05) is 12.1 Å². The molecular formula is C16H22N2O5S. The summed E-state index contributed by atoms with van der Waals surface area (Å²) in [7, 11) is -3.28. The van der Waals surface area contributed by atoms with E-state index < -0.39 is 27.9 Å². The highest BCUT2D eigenvalue weighted by Crippen LogP contribution is 2.26. The van der Waals surface area contributed by atoms with Gasteiger partial charge in [0.1, 0.15) is 6.04 Å². The van der Waals surface area contributed by atoms with E-state index in [4.69, 9.17) is 5.11 Å². The molecule has 8 heteroatoms. The number of carbonyl (C=O) groups is 2. The molecule has 0 radical (unpaired) electrons. The normalized spacial score (nSPS) is 17.8. The number of nitrogens with one attached hydrogen (secondary N) is 1. The average Bonchev–Trinajstić information content (AvgIpc) is 2.83. The van der Waals surface area contributed by atoms with E-state index in [1.807, 2.05) is 0 Å². The Morgan fingerprint density at radius 2 is 1.96 bits per heavy atom. The SMILES string of the molecule is Cc1cc(N2CCCS2(=O)=O)ccc1C(=O)NC(C(=O)O)C(C)C. The Balaban J connectivity index is 2.24. The summed E-state index contributed by atoms with van der Waals surface area (Å²) in [5, 5.41) is 11.7. The molecule has 2 N–H and O–H groups in total. The Morgan fingerprint density at radius 1 is 1.29 bits per heavy atom. The van der Waals surface area contributed by atoms with Crippen molar-refractivity contribution in [1.82, 2.24) is 5.32 Å². The van der Waals surface area contributed by atoms with E-state index in [1.165, 1.54) is 10.4 Å². The summed E-state index contributed by atoms with van der Waals surface area (Å²) in [6, 6.07) is 3.78. The van der Waals surface area contributed by atoms with Crippen LogP contribution in [-0.4, -0.2) is 43.7 Å². The Morgan fingerprint density at radius 3 is 2.42 bits per heavy atom. The average molecular weight is 354 g/mol. The number of aryl methyl sites for hydroxylation is 1. The molecule has 0 aromatic heterocycles. The first kappa shape index (κ1) is 18.3. The number of hydrogen-bond donors (Lipinski definition) is 2. The van der Waals surface area contributed by atoms with Crippen LogP contribution < -0.4 is 9.62 Å². The zero-order chi connectivity index (χ0) is 18.1. The number of nitrogens with zero attached hydrogens (tertiary/aromatic N) is 1. The molecule has 1 aromatic rings. The molecular weight excluding hydrogens is 332 g/mol. The molecule has 0 aliphatic carbocycles. The first-order valence-electron chi connectivity index (χ1n) is 7.78. The van der Waals surface area contributed by atoms with Crippen molar-refractivity contribution in [2.75, 3.05) is 16.6 Å². The third-order valence-electron chi connectivity index (χ3n) is 4.06. The molecule has 0 spiro atoms. The molecule has 0 bridgehead atoms. The summed E-state index contributed by atoms with van der Waals surface area (Å²) in [5.74, 6) is -1.69. The molecule has 24 heavy (non-hydrogen) atoms. The van der Waals surface area contributed by atoms with E-state index in [0.29, 0.717) is 29.8 Å². The van der Waals surface area contributed by atoms with E-state index in [1.54, 1.807) is 32.9 Å². The lowest BCUT2D eigenvalue weighted by Gasteiger charge is -2.20. The van der Waals surface area contributed by atoms with Crippen LogP contribution in [0.25, 0.3) is 0 Å². The molecule has 1 aromatic carbocycles. The van der Waals surface area contributed by atoms with Gasteiger partial charge in [0.2, 0.25) is 10.0 Å². The lowest BCUT2D eigenvalue weighted by atomic mass is 10.0. The van der Waals surface area contributed by atoms with E-state index in [0.717, 1.165) is 0 Å². The minimum absolute atomic E-state index is 0.128. The minimum Gasteiger partial charge on any atom is -0.480 e. The highest BCUT2D eigenvalue weighted by molar-refractivity contribution is 7.93. The van der Waals surface area contributed by atoms with Crippen molar-refractivity contribution >= 4 is 27.6 Å². The molecule has 7 nitrogen and oxygen atoms in total. The van der Waals surface area contributed by atoms with Gasteiger partial charge in [0.05, 0.1) is 11.4 Å². The smallest absolute Gasteiger partial charge is 0.326 e. The van der Waals surface area contributed by atoms with Crippen molar-refractivity contribution in [2.24, 2.45) is 5.92 Å². The van der Waals surface area contributed by atoms with Crippen LogP contribution in [0.3, 0.4) is 0 Å². The predicted octanol–water partition coefficient (Wildman–Crippen LogP) is 1.37. The predicted molar refractivity (Wildman–Crippen MR) is 90.7 cm³/mol. The third-order valence-corrected chi connectivity index (χ3v) is 5.93. The van der Waals surface area contributed by atoms with E-state index in [2.05, 4.69) is 5.32 Å². The third kappa shape index (κ3) is 3.69. The highest BCUT2D eigenvalue weighted by atomic mass is 32.2. The summed E-state index contributed by atoms with van der Waals surface area (Å²) in [4.78, 5) is 23.5. The van der Waals surface area contributed by atoms with Crippen LogP contribution in [0.2, 0.25) is 0 Å². The number of rotatable bonds is 5. The summed E-state index contributed by atoms with van der Waals surface area (Å²) >= 11 is 0. The fraction of sp³-hybridized carbons (Fsp3) is 0.500. The van der Waals surface area contributed by atoms with Crippen LogP contribution >= 0.6 is 0 Å². The zero-order valence-electron chi connectivity index (χ0n) is 13.9. The van der Waals surface area contributed by atoms with Gasteiger partial charge in [-0.05, 0) is 43.0 Å². The van der Waals surface area contributed by atoms with Gasteiger partial charge in [-0.15, -0.1) is 0 Å². The number of aliphatic carboxylic acids is 1. The monoisotopic (exact) mass is 354 g/mol. The first-order chi connectivity index (χ1) is 11.1. The van der Waals surface area contributed by atoms with Gasteiger partial charge in [0.15, 0.2) is 0 Å². The summed E-state index contributed by atoms with van der Waals surface area (Å²) in [6.07, 6.45) is 0.582. The van der Waals surface area contributed by atoms with Crippen molar-refractivity contribution in [3.05, 3.63) is 29.3 Å². The second-order valence-corrected chi connectivity index (χ2v) is 8.29. The van der Waals surface area contributed by atoms with Crippen molar-refractivity contribution in [2.45, 2.75) is 33.2 Å². The lowest BCUT2D eigenvalue weighted by molar-refractivity contribution is -0.140. The first-order valence-corrected chi connectivity index (χ1v) is 9.39. The summed E-state index contributed by atoms with van der Waals surface area (Å²) in [5.41, 5.74) is 1.46. The fourth-order valence-corrected chi connectivity index (χ4v) is 4.28. The number of anilines is 1. The van der Waals surface area contributed by atoms with Crippen LogP contribution in [-0.2, 0) is 14.8 Å².